The summed E-state index contributed by atoms with van der Waals surface area (Å²) in [6.45, 7) is 1.41. The molecule has 3 amide bonds. The quantitative estimate of drug-likeness (QED) is 0.576. The van der Waals surface area contributed by atoms with Crippen molar-refractivity contribution in [3.05, 3.63) is 82.8 Å². The molecule has 2 aliphatic rings. The van der Waals surface area contributed by atoms with Crippen LogP contribution in [-0.4, -0.2) is 47.8 Å². The van der Waals surface area contributed by atoms with Crippen molar-refractivity contribution in [1.82, 2.24) is 9.80 Å². The SMILES string of the molecule is CN(Cc1ccc2c(c1)OCCO2)C(=O)c1ccc2c(c1)C(=O)N(Cc1ccco1)C2=O. The van der Waals surface area contributed by atoms with Crippen molar-refractivity contribution < 1.29 is 28.3 Å². The second-order valence-electron chi connectivity index (χ2n) is 7.68. The Labute approximate surface area is 183 Å². The third-order valence-electron chi connectivity index (χ3n) is 5.48. The zero-order chi connectivity index (χ0) is 22.2. The van der Waals surface area contributed by atoms with Crippen LogP contribution in [0.3, 0.4) is 0 Å². The zero-order valence-electron chi connectivity index (χ0n) is 17.4. The van der Waals surface area contributed by atoms with Crippen molar-refractivity contribution in [2.45, 2.75) is 13.1 Å². The lowest BCUT2D eigenvalue weighted by Crippen LogP contribution is -2.29. The Morgan fingerprint density at radius 1 is 0.969 bits per heavy atom. The Kier molecular flexibility index (Phi) is 4.89. The van der Waals surface area contributed by atoms with Crippen molar-refractivity contribution in [3.8, 4) is 11.5 Å². The van der Waals surface area contributed by atoms with Crippen molar-refractivity contribution >= 4 is 17.7 Å². The average Bonchev–Trinajstić information content (AvgIpc) is 3.41. The summed E-state index contributed by atoms with van der Waals surface area (Å²) < 4.78 is 16.4. The molecule has 0 N–H and O–H groups in total. The summed E-state index contributed by atoms with van der Waals surface area (Å²) >= 11 is 0. The summed E-state index contributed by atoms with van der Waals surface area (Å²) in [7, 11) is 1.68. The lowest BCUT2D eigenvalue weighted by Gasteiger charge is -2.21. The van der Waals surface area contributed by atoms with Crippen LogP contribution in [0.4, 0.5) is 0 Å². The highest BCUT2D eigenvalue weighted by atomic mass is 16.6. The molecule has 0 spiro atoms. The molecule has 0 atom stereocenters. The van der Waals surface area contributed by atoms with E-state index in [-0.39, 0.29) is 23.6 Å². The zero-order valence-corrected chi connectivity index (χ0v) is 17.4. The van der Waals surface area contributed by atoms with Gasteiger partial charge in [-0.1, -0.05) is 6.07 Å². The monoisotopic (exact) mass is 432 g/mol. The van der Waals surface area contributed by atoms with Gasteiger partial charge in [-0.2, -0.15) is 0 Å². The van der Waals surface area contributed by atoms with E-state index in [9.17, 15) is 14.4 Å². The van der Waals surface area contributed by atoms with Gasteiger partial charge in [-0.25, -0.2) is 0 Å². The Morgan fingerprint density at radius 2 is 1.75 bits per heavy atom. The molecule has 8 heteroatoms. The predicted molar refractivity (Wildman–Crippen MR) is 113 cm³/mol. The molecule has 0 aliphatic carbocycles. The topological polar surface area (TPSA) is 89.3 Å². The molecular weight excluding hydrogens is 412 g/mol. The number of ether oxygens (including phenoxy) is 2. The van der Waals surface area contributed by atoms with E-state index in [1.54, 1.807) is 30.1 Å². The molecule has 0 bridgehead atoms. The molecule has 0 saturated heterocycles. The minimum Gasteiger partial charge on any atom is -0.486 e. The molecule has 0 fully saturated rings. The highest BCUT2D eigenvalue weighted by Crippen LogP contribution is 2.31. The van der Waals surface area contributed by atoms with Crippen molar-refractivity contribution in [3.63, 3.8) is 0 Å². The van der Waals surface area contributed by atoms with Crippen LogP contribution in [0.1, 0.15) is 42.4 Å². The Morgan fingerprint density at radius 3 is 2.53 bits per heavy atom. The average molecular weight is 432 g/mol. The molecule has 8 nitrogen and oxygen atoms in total. The first-order chi connectivity index (χ1) is 15.5. The highest BCUT2D eigenvalue weighted by molar-refractivity contribution is 6.22. The first-order valence-electron chi connectivity index (χ1n) is 10.2. The van der Waals surface area contributed by atoms with E-state index in [4.69, 9.17) is 13.9 Å². The third kappa shape index (κ3) is 3.49. The number of benzene rings is 2. The molecule has 0 unspecified atom stereocenters. The molecule has 3 aromatic rings. The van der Waals surface area contributed by atoms with Gasteiger partial charge in [-0.15, -0.1) is 0 Å². The smallest absolute Gasteiger partial charge is 0.261 e. The van der Waals surface area contributed by atoms with E-state index in [2.05, 4.69) is 0 Å². The van der Waals surface area contributed by atoms with Crippen LogP contribution in [0.5, 0.6) is 11.5 Å². The van der Waals surface area contributed by atoms with Gasteiger partial charge in [0.1, 0.15) is 19.0 Å². The summed E-state index contributed by atoms with van der Waals surface area (Å²) in [4.78, 5) is 41.2. The number of imide groups is 1. The van der Waals surface area contributed by atoms with Crippen LogP contribution in [-0.2, 0) is 13.1 Å². The maximum absolute atomic E-state index is 13.0. The molecule has 0 radical (unpaired) electrons. The molecule has 32 heavy (non-hydrogen) atoms. The normalized spacial score (nSPS) is 14.5. The fraction of sp³-hybridized carbons (Fsp3) is 0.208. The largest absolute Gasteiger partial charge is 0.486 e. The Bertz CT molecular complexity index is 1220. The molecular formula is C24H20N2O6. The minimum atomic E-state index is -0.439. The van der Waals surface area contributed by atoms with Gasteiger partial charge in [-0.3, -0.25) is 19.3 Å². The van der Waals surface area contributed by atoms with Crippen LogP contribution in [0.25, 0.3) is 0 Å². The Hall–Kier alpha value is -4.07. The van der Waals surface area contributed by atoms with Gasteiger partial charge in [0.05, 0.1) is 23.9 Å². The van der Waals surface area contributed by atoms with Gasteiger partial charge < -0.3 is 18.8 Å². The van der Waals surface area contributed by atoms with Crippen LogP contribution in [0.2, 0.25) is 0 Å². The van der Waals surface area contributed by atoms with Crippen LogP contribution < -0.4 is 9.47 Å². The fourth-order valence-corrected chi connectivity index (χ4v) is 3.88. The van der Waals surface area contributed by atoms with Gasteiger partial charge in [0.2, 0.25) is 0 Å². The summed E-state index contributed by atoms with van der Waals surface area (Å²) in [5.74, 6) is 0.765. The summed E-state index contributed by atoms with van der Waals surface area (Å²) in [6, 6.07) is 13.6. The fourth-order valence-electron chi connectivity index (χ4n) is 3.88. The van der Waals surface area contributed by atoms with Crippen LogP contribution in [0, 0.1) is 0 Å². The summed E-state index contributed by atoms with van der Waals surface area (Å²) in [6.07, 6.45) is 1.49. The standard InChI is InChI=1S/C24H20N2O6/c1-25(13-15-4-7-20-21(11-15)32-10-9-31-20)22(27)16-5-6-18-19(12-16)24(29)26(23(18)28)14-17-3-2-8-30-17/h2-8,11-12H,9-10,13-14H2,1H3. The lowest BCUT2D eigenvalue weighted by molar-refractivity contribution is 0.0631. The Balaban J connectivity index is 1.33. The number of fused-ring (bicyclic) bond motifs is 2. The first-order valence-corrected chi connectivity index (χ1v) is 10.2. The second kappa shape index (κ2) is 7.88. The van der Waals surface area contributed by atoms with Crippen LogP contribution in [0.15, 0.2) is 59.2 Å². The van der Waals surface area contributed by atoms with Crippen molar-refractivity contribution in [2.75, 3.05) is 20.3 Å². The lowest BCUT2D eigenvalue weighted by atomic mass is 10.0. The van der Waals surface area contributed by atoms with Gasteiger partial charge in [0.15, 0.2) is 11.5 Å². The molecule has 5 rings (SSSR count). The molecule has 162 valence electrons. The predicted octanol–water partition coefficient (Wildman–Crippen LogP) is 3.12. The number of carbonyl (C=O) groups is 3. The first kappa shape index (κ1) is 19.9. The molecule has 3 heterocycles. The number of hydrogen-bond donors (Lipinski definition) is 0. The van der Waals surface area contributed by atoms with Gasteiger partial charge in [-0.05, 0) is 48.0 Å². The van der Waals surface area contributed by atoms with E-state index in [1.807, 2.05) is 18.2 Å². The van der Waals surface area contributed by atoms with E-state index < -0.39 is 11.8 Å². The maximum Gasteiger partial charge on any atom is 0.261 e. The van der Waals surface area contributed by atoms with Gasteiger partial charge >= 0.3 is 0 Å². The minimum absolute atomic E-state index is 0.0483. The van der Waals surface area contributed by atoms with Gasteiger partial charge in [0.25, 0.3) is 17.7 Å². The number of carbonyl (C=O) groups excluding carboxylic acids is 3. The summed E-state index contributed by atoms with van der Waals surface area (Å²) in [5.41, 5.74) is 1.74. The number of rotatable bonds is 5. The maximum atomic E-state index is 13.0. The number of amides is 3. The van der Waals surface area contributed by atoms with E-state index in [0.717, 1.165) is 10.5 Å². The second-order valence-corrected chi connectivity index (χ2v) is 7.68. The van der Waals surface area contributed by atoms with E-state index in [1.165, 1.54) is 18.4 Å². The molecule has 2 aliphatic heterocycles. The highest BCUT2D eigenvalue weighted by Gasteiger charge is 2.36. The number of furan rings is 1. The molecule has 0 saturated carbocycles. The van der Waals surface area contributed by atoms with E-state index >= 15 is 0 Å². The number of nitrogens with zero attached hydrogens (tertiary/aromatic N) is 2. The van der Waals surface area contributed by atoms with E-state index in [0.29, 0.717) is 42.6 Å². The van der Waals surface area contributed by atoms with Crippen LogP contribution >= 0.6 is 0 Å². The summed E-state index contributed by atoms with van der Waals surface area (Å²) in [5, 5.41) is 0. The van der Waals surface area contributed by atoms with Crippen molar-refractivity contribution in [2.24, 2.45) is 0 Å². The third-order valence-corrected chi connectivity index (χ3v) is 5.48. The van der Waals surface area contributed by atoms with Gasteiger partial charge in [0, 0.05) is 19.2 Å². The molecule has 2 aromatic carbocycles. The van der Waals surface area contributed by atoms with Crippen molar-refractivity contribution in [1.29, 1.82) is 0 Å². The molecule has 1 aromatic heterocycles. The number of hydrogen-bond acceptors (Lipinski definition) is 6.